The van der Waals surface area contributed by atoms with E-state index < -0.39 is 20.0 Å². The average Bonchev–Trinajstić information content (AvgIpc) is 3.19. The second kappa shape index (κ2) is 41.8. The maximum absolute atomic E-state index is 12.8. The van der Waals surface area contributed by atoms with Gasteiger partial charge in [-0.15, -0.1) is 0 Å². The van der Waals surface area contributed by atoms with Crippen LogP contribution in [0.15, 0.2) is 48.6 Å². The van der Waals surface area contributed by atoms with Gasteiger partial charge in [-0.3, -0.25) is 9.36 Å². The summed E-state index contributed by atoms with van der Waals surface area (Å²) in [6.07, 6.45) is 53.2. The number of rotatable bonds is 44. The Hall–Kier alpha value is -1.54. The quantitative estimate of drug-likeness (QED) is 0.0274. The molecule has 346 valence electrons. The predicted molar refractivity (Wildman–Crippen MR) is 251 cm³/mol. The molecular weight excluding hydrogens is 756 g/mol. The van der Waals surface area contributed by atoms with Crippen LogP contribution in [0.3, 0.4) is 0 Å². The van der Waals surface area contributed by atoms with E-state index in [2.05, 4.69) is 67.8 Å². The lowest BCUT2D eigenvalue weighted by Gasteiger charge is -2.30. The number of nitrogens with one attached hydrogen (secondary N) is 1. The maximum atomic E-state index is 12.8. The van der Waals surface area contributed by atoms with Crippen LogP contribution in [0.5, 0.6) is 0 Å². The fourth-order valence-corrected chi connectivity index (χ4v) is 7.69. The lowest BCUT2D eigenvalue weighted by molar-refractivity contribution is -0.870. The summed E-state index contributed by atoms with van der Waals surface area (Å²) in [5.41, 5.74) is 0. The van der Waals surface area contributed by atoms with Gasteiger partial charge < -0.3 is 28.8 Å². The monoisotopic (exact) mass is 851 g/mol. The molecule has 0 saturated heterocycles. The predicted octanol–water partition coefficient (Wildman–Crippen LogP) is 13.4. The number of carbonyl (C=O) groups excluding carboxylic acids is 1. The Kier molecular flexibility index (Phi) is 40.7. The number of amides is 1. The Morgan fingerprint density at radius 3 is 1.51 bits per heavy atom. The summed E-state index contributed by atoms with van der Waals surface area (Å²) < 4.78 is 23.1. The number of phosphoric acid groups is 1. The molecule has 0 aromatic carbocycles. The molecule has 3 atom stereocenters. The summed E-state index contributed by atoms with van der Waals surface area (Å²) in [5.74, 6) is -0.170. The summed E-state index contributed by atoms with van der Waals surface area (Å²) in [6, 6.07) is -0.796. The first-order valence-corrected chi connectivity index (χ1v) is 25.9. The molecule has 0 fully saturated rings. The molecule has 0 rings (SSSR count). The van der Waals surface area contributed by atoms with Crippen LogP contribution < -0.4 is 10.2 Å². The minimum Gasteiger partial charge on any atom is -0.756 e. The van der Waals surface area contributed by atoms with Gasteiger partial charge in [-0.2, -0.15) is 0 Å². The van der Waals surface area contributed by atoms with Crippen LogP contribution >= 0.6 is 7.82 Å². The van der Waals surface area contributed by atoms with Gasteiger partial charge in [0, 0.05) is 6.42 Å². The average molecular weight is 851 g/mol. The Bertz CT molecular complexity index is 1100. The van der Waals surface area contributed by atoms with E-state index in [9.17, 15) is 19.4 Å². The minimum absolute atomic E-state index is 0.0116. The van der Waals surface area contributed by atoms with Crippen molar-refractivity contribution in [2.75, 3.05) is 40.9 Å². The molecule has 0 radical (unpaired) electrons. The molecule has 0 aliphatic heterocycles. The van der Waals surface area contributed by atoms with Gasteiger partial charge in [0.15, 0.2) is 0 Å². The van der Waals surface area contributed by atoms with Crippen molar-refractivity contribution in [3.05, 3.63) is 48.6 Å². The largest absolute Gasteiger partial charge is 0.756 e. The number of allylic oxidation sites excluding steroid dienone is 8. The van der Waals surface area contributed by atoms with E-state index in [0.717, 1.165) is 64.2 Å². The fourth-order valence-electron chi connectivity index (χ4n) is 6.97. The third-order valence-corrected chi connectivity index (χ3v) is 11.8. The zero-order chi connectivity index (χ0) is 43.6. The van der Waals surface area contributed by atoms with E-state index in [0.29, 0.717) is 23.9 Å². The third kappa shape index (κ3) is 44.3. The Labute approximate surface area is 365 Å². The molecule has 0 heterocycles. The molecule has 2 N–H and O–H groups in total. The number of aliphatic hydroxyl groups excluding tert-OH is 1. The Morgan fingerprint density at radius 1 is 0.610 bits per heavy atom. The smallest absolute Gasteiger partial charge is 0.268 e. The molecule has 0 spiro atoms. The molecule has 59 heavy (non-hydrogen) atoms. The van der Waals surface area contributed by atoms with Crippen molar-refractivity contribution in [3.8, 4) is 0 Å². The first-order chi connectivity index (χ1) is 28.5. The molecule has 1 amide bonds. The van der Waals surface area contributed by atoms with Crippen molar-refractivity contribution >= 4 is 13.7 Å². The number of nitrogens with zero attached hydrogens (tertiary/aromatic N) is 1. The van der Waals surface area contributed by atoms with E-state index in [-0.39, 0.29) is 19.1 Å². The molecule has 0 aliphatic carbocycles. The number of hydrogen-bond donors (Lipinski definition) is 2. The van der Waals surface area contributed by atoms with Crippen LogP contribution in [-0.4, -0.2) is 68.5 Å². The molecule has 0 aromatic heterocycles. The van der Waals surface area contributed by atoms with Gasteiger partial charge in [-0.1, -0.05) is 204 Å². The number of unbranched alkanes of at least 4 members (excludes halogenated alkanes) is 23. The molecule has 3 unspecified atom stereocenters. The highest BCUT2D eigenvalue weighted by Gasteiger charge is 2.24. The summed E-state index contributed by atoms with van der Waals surface area (Å²) in [7, 11) is 1.30. The lowest BCUT2D eigenvalue weighted by Crippen LogP contribution is -2.46. The molecular formula is C50H95N2O6P. The highest BCUT2D eigenvalue weighted by molar-refractivity contribution is 7.45. The number of carbonyl (C=O) groups is 1. The molecule has 9 heteroatoms. The molecule has 0 bridgehead atoms. The Balaban J connectivity index is 3.88. The minimum atomic E-state index is -4.55. The number of aliphatic hydroxyl groups is 1. The second-order valence-electron chi connectivity index (χ2n) is 17.8. The van der Waals surface area contributed by atoms with Crippen molar-refractivity contribution in [1.29, 1.82) is 0 Å². The van der Waals surface area contributed by atoms with E-state index in [1.165, 1.54) is 122 Å². The third-order valence-electron chi connectivity index (χ3n) is 10.8. The highest BCUT2D eigenvalue weighted by Crippen LogP contribution is 2.38. The number of hydrogen-bond acceptors (Lipinski definition) is 6. The molecule has 0 aliphatic rings. The molecule has 0 aromatic rings. The van der Waals surface area contributed by atoms with E-state index in [1.807, 2.05) is 21.1 Å². The van der Waals surface area contributed by atoms with Crippen LogP contribution in [0.1, 0.15) is 213 Å². The van der Waals surface area contributed by atoms with Crippen molar-refractivity contribution in [2.24, 2.45) is 0 Å². The summed E-state index contributed by atoms with van der Waals surface area (Å²) in [5, 5.41) is 13.8. The van der Waals surface area contributed by atoms with Gasteiger partial charge in [-0.25, -0.2) is 0 Å². The summed E-state index contributed by atoms with van der Waals surface area (Å²) in [4.78, 5) is 25.2. The number of likely N-dealkylation sites (N-methyl/N-ethyl adjacent to an activating group) is 1. The van der Waals surface area contributed by atoms with Gasteiger partial charge >= 0.3 is 0 Å². The van der Waals surface area contributed by atoms with Crippen molar-refractivity contribution in [3.63, 3.8) is 0 Å². The molecule has 0 saturated carbocycles. The molecule has 8 nitrogen and oxygen atoms in total. The number of quaternary nitrogens is 1. The van der Waals surface area contributed by atoms with Crippen LogP contribution in [0.2, 0.25) is 0 Å². The zero-order valence-electron chi connectivity index (χ0n) is 39.2. The second-order valence-corrected chi connectivity index (χ2v) is 19.2. The normalized spacial score (nSPS) is 14.6. The number of phosphoric ester groups is 1. The van der Waals surface area contributed by atoms with Crippen LogP contribution in [0.4, 0.5) is 0 Å². The van der Waals surface area contributed by atoms with Crippen LogP contribution in [0.25, 0.3) is 0 Å². The van der Waals surface area contributed by atoms with Gasteiger partial charge in [0.25, 0.3) is 7.82 Å². The Morgan fingerprint density at radius 2 is 1.03 bits per heavy atom. The van der Waals surface area contributed by atoms with E-state index in [1.54, 1.807) is 0 Å². The highest BCUT2D eigenvalue weighted by atomic mass is 31.2. The van der Waals surface area contributed by atoms with Crippen LogP contribution in [-0.2, 0) is 18.4 Å². The summed E-state index contributed by atoms with van der Waals surface area (Å²) in [6.45, 7) is 4.54. The van der Waals surface area contributed by atoms with Gasteiger partial charge in [-0.05, 0) is 51.4 Å². The maximum Gasteiger partial charge on any atom is 0.268 e. The van der Waals surface area contributed by atoms with E-state index >= 15 is 0 Å². The van der Waals surface area contributed by atoms with E-state index in [4.69, 9.17) is 9.05 Å². The van der Waals surface area contributed by atoms with Gasteiger partial charge in [0.05, 0.1) is 39.9 Å². The van der Waals surface area contributed by atoms with Crippen molar-refractivity contribution in [1.82, 2.24) is 5.32 Å². The van der Waals surface area contributed by atoms with Crippen molar-refractivity contribution in [2.45, 2.75) is 225 Å². The zero-order valence-corrected chi connectivity index (χ0v) is 40.1. The fraction of sp³-hybridized carbons (Fsp3) is 0.820. The van der Waals surface area contributed by atoms with Crippen LogP contribution in [0, 0.1) is 0 Å². The lowest BCUT2D eigenvalue weighted by atomic mass is 10.0. The van der Waals surface area contributed by atoms with Crippen molar-refractivity contribution < 1.29 is 32.9 Å². The summed E-state index contributed by atoms with van der Waals surface area (Å²) >= 11 is 0. The van der Waals surface area contributed by atoms with Gasteiger partial charge in [0.1, 0.15) is 13.2 Å². The standard InChI is InChI=1S/C50H95N2O6P/c1-6-8-10-12-14-15-16-17-18-19-20-21-22-23-24-25-26-27-28-29-30-31-32-33-34-35-36-37-38-40-42-44-50(54)51-48(49(53)43-41-39-13-11-9-7-2)47-58-59(55,56)57-46-45-52(3,4)5/h8,10,14-15,17-18,20-21,48-49,53H,6-7,9,11-13,16,19,22-47H2,1-5H3,(H-,51,54,55,56)/b10-8-,15-14-,18-17-,21-20-. The first kappa shape index (κ1) is 57.5. The first-order valence-electron chi connectivity index (χ1n) is 24.5. The topological polar surface area (TPSA) is 108 Å². The SMILES string of the molecule is CC/C=C\C/C=C\C/C=C\C/C=C\CCCCCCCCCCCCCCCCCCCCC(=O)NC(COP(=O)([O-])OCC[N+](C)(C)C)C(O)CCCCCCCC. The van der Waals surface area contributed by atoms with Gasteiger partial charge in [0.2, 0.25) is 5.91 Å².